The second kappa shape index (κ2) is 8.22. The van der Waals surface area contributed by atoms with Crippen LogP contribution in [-0.2, 0) is 6.54 Å². The van der Waals surface area contributed by atoms with Crippen molar-refractivity contribution >= 4 is 44.7 Å². The Morgan fingerprint density at radius 1 is 1.03 bits per heavy atom. The first-order valence-corrected chi connectivity index (χ1v) is 11.2. The molecule has 0 aliphatic carbocycles. The van der Waals surface area contributed by atoms with Crippen LogP contribution >= 0.6 is 22.9 Å². The minimum Gasteiger partial charge on any atom is -0.506 e. The van der Waals surface area contributed by atoms with Crippen LogP contribution in [0.4, 0.5) is 11.5 Å². The van der Waals surface area contributed by atoms with Crippen LogP contribution < -0.4 is 5.32 Å². The molecule has 2 N–H and O–H groups in total. The van der Waals surface area contributed by atoms with E-state index in [0.717, 1.165) is 27.3 Å². The van der Waals surface area contributed by atoms with Gasteiger partial charge in [0.15, 0.2) is 5.82 Å². The van der Waals surface area contributed by atoms with Gasteiger partial charge in [-0.25, -0.2) is 9.97 Å². The van der Waals surface area contributed by atoms with Gasteiger partial charge in [-0.15, -0.1) is 11.3 Å². The number of likely N-dealkylation sites (tertiary alicyclic amines) is 1. The fraction of sp³-hybridized carbons (Fsp3) is 0.217. The fourth-order valence-corrected chi connectivity index (χ4v) is 4.96. The van der Waals surface area contributed by atoms with E-state index >= 15 is 0 Å². The lowest BCUT2D eigenvalue weighted by Gasteiger charge is -2.14. The Hall–Kier alpha value is -2.67. The Morgan fingerprint density at radius 3 is 2.60 bits per heavy atom. The number of nitrogens with zero attached hydrogens (tertiary/aromatic N) is 3. The molecule has 0 radical (unpaired) electrons. The number of aromatic hydroxyl groups is 1. The number of hydrogen-bond acceptors (Lipinski definition) is 6. The number of halogens is 1. The van der Waals surface area contributed by atoms with Crippen molar-refractivity contribution in [3.8, 4) is 16.2 Å². The Morgan fingerprint density at radius 2 is 1.83 bits per heavy atom. The standard InChI is InChI=1S/C23H21ClN4OS/c24-18-8-7-17(11-20(18)29)27-23-22-19(25-14-26-23)12-21(30-22)16-5-3-15(4-6-16)13-28-9-1-2-10-28/h3-8,11-12,14,29H,1-2,9-10,13H2,(H,25,26,27). The quantitative estimate of drug-likeness (QED) is 0.398. The van der Waals surface area contributed by atoms with E-state index in [-0.39, 0.29) is 5.75 Å². The van der Waals surface area contributed by atoms with Crippen molar-refractivity contribution in [3.63, 3.8) is 0 Å². The molecule has 1 fully saturated rings. The summed E-state index contributed by atoms with van der Waals surface area (Å²) in [4.78, 5) is 12.5. The second-order valence-electron chi connectivity index (χ2n) is 7.52. The van der Waals surface area contributed by atoms with Crippen LogP contribution in [0, 0.1) is 0 Å². The molecule has 0 amide bonds. The van der Waals surface area contributed by atoms with Crippen molar-refractivity contribution in [2.45, 2.75) is 19.4 Å². The summed E-state index contributed by atoms with van der Waals surface area (Å²) < 4.78 is 0.975. The largest absolute Gasteiger partial charge is 0.506 e. The minimum atomic E-state index is 0.0351. The Kier molecular flexibility index (Phi) is 5.29. The SMILES string of the molecule is Oc1cc(Nc2ncnc3cc(-c4ccc(CN5CCCC5)cc4)sc23)ccc1Cl. The molecule has 1 saturated heterocycles. The number of rotatable bonds is 5. The molecule has 4 aromatic rings. The van der Waals surface area contributed by atoms with E-state index in [1.165, 1.54) is 37.1 Å². The molecular weight excluding hydrogens is 416 g/mol. The third kappa shape index (κ3) is 3.99. The molecule has 152 valence electrons. The normalized spacial score (nSPS) is 14.4. The van der Waals surface area contributed by atoms with E-state index in [0.29, 0.717) is 10.8 Å². The van der Waals surface area contributed by atoms with Gasteiger partial charge >= 0.3 is 0 Å². The molecular formula is C23H21ClN4OS. The number of aromatic nitrogens is 2. The summed E-state index contributed by atoms with van der Waals surface area (Å²) in [6, 6.07) is 16.0. The molecule has 0 saturated carbocycles. The van der Waals surface area contributed by atoms with Gasteiger partial charge < -0.3 is 10.4 Å². The van der Waals surface area contributed by atoms with E-state index in [1.807, 2.05) is 6.07 Å². The number of anilines is 2. The summed E-state index contributed by atoms with van der Waals surface area (Å²) in [5.74, 6) is 0.747. The first kappa shape index (κ1) is 19.3. The molecule has 30 heavy (non-hydrogen) atoms. The van der Waals surface area contributed by atoms with E-state index in [4.69, 9.17) is 11.6 Å². The average molecular weight is 437 g/mol. The minimum absolute atomic E-state index is 0.0351. The van der Waals surface area contributed by atoms with E-state index < -0.39 is 0 Å². The number of nitrogens with one attached hydrogen (secondary N) is 1. The lowest BCUT2D eigenvalue weighted by molar-refractivity contribution is 0.331. The molecule has 5 nitrogen and oxygen atoms in total. The first-order chi connectivity index (χ1) is 14.7. The monoisotopic (exact) mass is 436 g/mol. The number of fused-ring (bicyclic) bond motifs is 1. The fourth-order valence-electron chi connectivity index (χ4n) is 3.79. The zero-order valence-corrected chi connectivity index (χ0v) is 17.9. The third-order valence-corrected chi connectivity index (χ3v) is 6.86. The molecule has 0 bridgehead atoms. The maximum absolute atomic E-state index is 9.85. The number of hydrogen-bond donors (Lipinski definition) is 2. The van der Waals surface area contributed by atoms with Gasteiger partial charge in [-0.1, -0.05) is 35.9 Å². The maximum atomic E-state index is 9.85. The molecule has 3 heterocycles. The summed E-state index contributed by atoms with van der Waals surface area (Å²) in [7, 11) is 0. The highest BCUT2D eigenvalue weighted by molar-refractivity contribution is 7.22. The zero-order valence-electron chi connectivity index (χ0n) is 16.3. The maximum Gasteiger partial charge on any atom is 0.151 e. The van der Waals surface area contributed by atoms with Crippen molar-refractivity contribution in [2.75, 3.05) is 18.4 Å². The number of phenols is 1. The number of benzene rings is 2. The van der Waals surface area contributed by atoms with E-state index in [2.05, 4.69) is 50.5 Å². The number of phenolic OH excluding ortho intramolecular Hbond substituents is 1. The van der Waals surface area contributed by atoms with Crippen LogP contribution in [0.15, 0.2) is 54.9 Å². The smallest absolute Gasteiger partial charge is 0.151 e. The van der Waals surface area contributed by atoms with Crippen LogP contribution in [0.3, 0.4) is 0 Å². The second-order valence-corrected chi connectivity index (χ2v) is 8.98. The Balaban J connectivity index is 1.40. The highest BCUT2D eigenvalue weighted by atomic mass is 35.5. The van der Waals surface area contributed by atoms with Crippen LogP contribution in [0.5, 0.6) is 5.75 Å². The summed E-state index contributed by atoms with van der Waals surface area (Å²) >= 11 is 7.56. The highest BCUT2D eigenvalue weighted by Crippen LogP contribution is 2.37. The molecule has 0 unspecified atom stereocenters. The van der Waals surface area contributed by atoms with E-state index in [9.17, 15) is 5.11 Å². The van der Waals surface area contributed by atoms with E-state index in [1.54, 1.807) is 29.8 Å². The van der Waals surface area contributed by atoms with Crippen LogP contribution in [-0.4, -0.2) is 33.1 Å². The molecule has 1 aliphatic heterocycles. The van der Waals surface area contributed by atoms with Crippen LogP contribution in [0.25, 0.3) is 20.7 Å². The lowest BCUT2D eigenvalue weighted by Crippen LogP contribution is -2.18. The topological polar surface area (TPSA) is 61.3 Å². The first-order valence-electron chi connectivity index (χ1n) is 9.97. The van der Waals surface area contributed by atoms with Gasteiger partial charge in [-0.05, 0) is 55.3 Å². The van der Waals surface area contributed by atoms with Crippen molar-refractivity contribution in [1.29, 1.82) is 0 Å². The molecule has 2 aromatic carbocycles. The van der Waals surface area contributed by atoms with Gasteiger partial charge in [-0.3, -0.25) is 4.90 Å². The number of thiophene rings is 1. The highest BCUT2D eigenvalue weighted by Gasteiger charge is 2.13. The molecule has 0 atom stereocenters. The van der Waals surface area contributed by atoms with Crippen LogP contribution in [0.2, 0.25) is 5.02 Å². The summed E-state index contributed by atoms with van der Waals surface area (Å²) in [5, 5.41) is 13.4. The molecule has 0 spiro atoms. The van der Waals surface area contributed by atoms with Gasteiger partial charge in [0.05, 0.1) is 15.2 Å². The van der Waals surface area contributed by atoms with Crippen molar-refractivity contribution < 1.29 is 5.11 Å². The summed E-state index contributed by atoms with van der Waals surface area (Å²) in [6.07, 6.45) is 4.18. The van der Waals surface area contributed by atoms with Gasteiger partial charge in [0.25, 0.3) is 0 Å². The molecule has 1 aliphatic rings. The van der Waals surface area contributed by atoms with Gasteiger partial charge in [0.1, 0.15) is 12.1 Å². The average Bonchev–Trinajstić information content (AvgIpc) is 3.42. The van der Waals surface area contributed by atoms with Crippen molar-refractivity contribution in [3.05, 3.63) is 65.4 Å². The third-order valence-electron chi connectivity index (χ3n) is 5.36. The Bertz CT molecular complexity index is 1190. The molecule has 2 aromatic heterocycles. The molecule has 5 rings (SSSR count). The van der Waals surface area contributed by atoms with Gasteiger partial charge in [0.2, 0.25) is 0 Å². The van der Waals surface area contributed by atoms with Crippen molar-refractivity contribution in [1.82, 2.24) is 14.9 Å². The van der Waals surface area contributed by atoms with Crippen molar-refractivity contribution in [2.24, 2.45) is 0 Å². The predicted octanol–water partition coefficient (Wildman–Crippen LogP) is 6.06. The van der Waals surface area contributed by atoms with Crippen LogP contribution in [0.1, 0.15) is 18.4 Å². The predicted molar refractivity (Wildman–Crippen MR) is 124 cm³/mol. The van der Waals surface area contributed by atoms with Gasteiger partial charge in [-0.2, -0.15) is 0 Å². The Labute approximate surface area is 184 Å². The zero-order chi connectivity index (χ0) is 20.5. The lowest BCUT2D eigenvalue weighted by atomic mass is 10.1. The summed E-state index contributed by atoms with van der Waals surface area (Å²) in [5.41, 5.74) is 4.15. The molecule has 7 heteroatoms. The van der Waals surface area contributed by atoms with Gasteiger partial charge in [0, 0.05) is 23.2 Å². The summed E-state index contributed by atoms with van der Waals surface area (Å²) in [6.45, 7) is 3.44.